The number of piperidine rings is 1. The maximum Gasteiger partial charge on any atom is 0.482 e. The van der Waals surface area contributed by atoms with E-state index >= 15 is 0 Å². The lowest BCUT2D eigenvalue weighted by molar-refractivity contribution is -0.199. The fourth-order valence-corrected chi connectivity index (χ4v) is 14.3. The summed E-state index contributed by atoms with van der Waals surface area (Å²) in [6.07, 6.45) is 11.2. The third-order valence-corrected chi connectivity index (χ3v) is 18.7. The van der Waals surface area contributed by atoms with Crippen molar-refractivity contribution in [1.29, 1.82) is 0 Å². The van der Waals surface area contributed by atoms with E-state index in [4.69, 9.17) is 32.8 Å². The van der Waals surface area contributed by atoms with Gasteiger partial charge in [0.15, 0.2) is 0 Å². The lowest BCUT2D eigenvalue weighted by atomic mass is 9.43. The minimum absolute atomic E-state index is 0.0219. The molecule has 3 aliphatic heterocycles. The van der Waals surface area contributed by atoms with Gasteiger partial charge in [-0.15, -0.1) is 0 Å². The van der Waals surface area contributed by atoms with Gasteiger partial charge in [-0.3, -0.25) is 0 Å². The molecule has 1 unspecified atom stereocenters. The van der Waals surface area contributed by atoms with Crippen LogP contribution in [0.5, 0.6) is 0 Å². The molecule has 13 nitrogen and oxygen atoms in total. The van der Waals surface area contributed by atoms with Crippen molar-refractivity contribution in [3.8, 4) is 0 Å². The summed E-state index contributed by atoms with van der Waals surface area (Å²) >= 11 is 0. The van der Waals surface area contributed by atoms with E-state index in [0.29, 0.717) is 54.9 Å². The van der Waals surface area contributed by atoms with Gasteiger partial charge in [0, 0.05) is 6.54 Å². The molecule has 2 aromatic carbocycles. The van der Waals surface area contributed by atoms with Crippen LogP contribution in [0.3, 0.4) is 0 Å². The molecule has 0 spiro atoms. The first kappa shape index (κ1) is 52.1. The molecular weight excluding hydrogens is 896 g/mol. The lowest BCUT2D eigenvalue weighted by Gasteiger charge is -2.64. The summed E-state index contributed by atoms with van der Waals surface area (Å²) in [6, 6.07) is 20.3. The minimum Gasteiger partial charge on any atom is -0.444 e. The number of rotatable bonds is 10. The van der Waals surface area contributed by atoms with Crippen LogP contribution in [0.1, 0.15) is 158 Å². The summed E-state index contributed by atoms with van der Waals surface area (Å²) in [7, 11) is -1.03. The van der Waals surface area contributed by atoms with E-state index in [0.717, 1.165) is 56.1 Å². The molecule has 12 rings (SSSR count). The molecule has 15 heteroatoms. The Morgan fingerprint density at radius 3 is 1.51 bits per heavy atom. The quantitative estimate of drug-likeness (QED) is 0.174. The highest BCUT2D eigenvalue weighted by molar-refractivity contribution is 6.48. The predicted molar refractivity (Wildman–Crippen MR) is 274 cm³/mol. The summed E-state index contributed by atoms with van der Waals surface area (Å²) in [5.41, 5.74) is 0.324. The number of amides is 3. The fraction of sp³-hybridized carbons (Fsp3) is 0.732. The molecule has 4 bridgehead atoms. The molecule has 7 saturated carbocycles. The Labute approximate surface area is 424 Å². The number of benzene rings is 2. The molecule has 0 radical (unpaired) electrons. The van der Waals surface area contributed by atoms with Crippen LogP contribution in [0.2, 0.25) is 0 Å². The SMILES string of the molecule is CC(C)(C)OC(=O)N1CCCC(C)(OC(=O)N[C@@H](Cc2ccccc2)B2O[C@@H]3C[C@@H]4C[C@@H](C4(C)C)[C@]3(C)O2)C1.CC1(OC(=O)N[C@@H](Cc2ccccc2)B2O[C@@H]3C[C@@H]4C[C@@H](C4(C)C)[C@]3(C)O2)CCCCC1. The van der Waals surface area contributed by atoms with Crippen LogP contribution >= 0.6 is 0 Å². The second kappa shape index (κ2) is 19.5. The number of likely N-dealkylation sites (tertiary alicyclic amines) is 1. The molecule has 10 aliphatic rings. The molecule has 388 valence electrons. The highest BCUT2D eigenvalue weighted by Gasteiger charge is 2.70. The zero-order valence-electron chi connectivity index (χ0n) is 44.7. The minimum atomic E-state index is -0.820. The molecule has 2 aromatic rings. The molecule has 10 fully saturated rings. The van der Waals surface area contributed by atoms with Crippen LogP contribution in [0, 0.1) is 34.5 Å². The monoisotopic (exact) mass is 980 g/mol. The summed E-state index contributed by atoms with van der Waals surface area (Å²) in [4.78, 5) is 40.7. The van der Waals surface area contributed by atoms with Crippen LogP contribution in [0.4, 0.5) is 14.4 Å². The number of nitrogens with zero attached hydrogens (tertiary/aromatic N) is 1. The van der Waals surface area contributed by atoms with Gasteiger partial charge in [0.1, 0.15) is 16.8 Å². The molecule has 0 aromatic heterocycles. The Balaban J connectivity index is 0.000000179. The van der Waals surface area contributed by atoms with Crippen LogP contribution in [-0.2, 0) is 45.7 Å². The largest absolute Gasteiger partial charge is 0.482 e. The highest BCUT2D eigenvalue weighted by Crippen LogP contribution is 2.67. The van der Waals surface area contributed by atoms with Gasteiger partial charge in [0.25, 0.3) is 0 Å². The van der Waals surface area contributed by atoms with Gasteiger partial charge in [-0.25, -0.2) is 14.4 Å². The van der Waals surface area contributed by atoms with Gasteiger partial charge in [0.05, 0.1) is 41.8 Å². The predicted octanol–water partition coefficient (Wildman–Crippen LogP) is 10.7. The van der Waals surface area contributed by atoms with Crippen molar-refractivity contribution in [1.82, 2.24) is 15.5 Å². The molecule has 7 aliphatic carbocycles. The number of alkyl carbamates (subject to hydrolysis) is 2. The Hall–Kier alpha value is -3.78. The van der Waals surface area contributed by atoms with E-state index in [1.54, 1.807) is 4.90 Å². The van der Waals surface area contributed by atoms with Crippen LogP contribution in [0.15, 0.2) is 60.7 Å². The molecule has 3 amide bonds. The number of carbonyl (C=O) groups is 3. The number of hydrogen-bond donors (Lipinski definition) is 2. The Morgan fingerprint density at radius 2 is 1.07 bits per heavy atom. The summed E-state index contributed by atoms with van der Waals surface area (Å²) in [6.45, 7) is 24.2. The fourth-order valence-electron chi connectivity index (χ4n) is 14.3. The van der Waals surface area contributed by atoms with E-state index < -0.39 is 37.5 Å². The number of carbonyl (C=O) groups excluding carboxylic acids is 3. The Morgan fingerprint density at radius 1 is 0.634 bits per heavy atom. The van der Waals surface area contributed by atoms with Crippen molar-refractivity contribution in [2.75, 3.05) is 13.1 Å². The second-order valence-electron chi connectivity index (χ2n) is 25.8. The van der Waals surface area contributed by atoms with Crippen molar-refractivity contribution >= 4 is 32.5 Å². The van der Waals surface area contributed by atoms with Gasteiger partial charge < -0.3 is 48.4 Å². The third kappa shape index (κ3) is 10.8. The van der Waals surface area contributed by atoms with Gasteiger partial charge in [-0.05, 0) is 171 Å². The molecule has 2 N–H and O–H groups in total. The molecular formula is C56H83B2N3O10. The van der Waals surface area contributed by atoms with E-state index in [1.165, 1.54) is 19.3 Å². The van der Waals surface area contributed by atoms with Crippen molar-refractivity contribution in [3.63, 3.8) is 0 Å². The molecule has 3 heterocycles. The molecule has 11 atom stereocenters. The third-order valence-electron chi connectivity index (χ3n) is 18.7. The standard InChI is InChI=1S/C30H45BN2O6.C26H38BNO4/c1-27(2,3)37-26(35)33-15-11-14-29(6,19-33)36-25(34)32-24(16-20-12-9-8-10-13-20)31-38-23-18-21-17-22(28(21,4)5)30(23,7)39-31;1-24(2)19-16-20(24)26(4)21(17-19)31-27(32-26)22(15-18-11-7-5-8-12-18)28-23(29)30-25(3)13-9-6-10-14-25/h8-10,12-13,21-24H,11,14-19H2,1-7H3,(H,32,34);5,7-8,11-12,19-22H,6,9-10,13-17H2,1-4H3,(H,28,29)/t21-,22-,23+,24-,29?,30-;19-,20-,21+,22-,26-/m00/s1. The zero-order valence-corrected chi connectivity index (χ0v) is 44.7. The smallest absolute Gasteiger partial charge is 0.444 e. The average Bonchev–Trinajstić information content (AvgIpc) is 3.85. The first-order valence-corrected chi connectivity index (χ1v) is 27.1. The van der Waals surface area contributed by atoms with E-state index in [2.05, 4.69) is 71.2 Å². The average molecular weight is 980 g/mol. The topological polar surface area (TPSA) is 143 Å². The first-order chi connectivity index (χ1) is 33.4. The van der Waals surface area contributed by atoms with E-state index in [-0.39, 0.29) is 59.1 Å². The summed E-state index contributed by atoms with van der Waals surface area (Å²) in [5.74, 6) is 1.56. The van der Waals surface area contributed by atoms with Gasteiger partial charge in [0.2, 0.25) is 0 Å². The van der Waals surface area contributed by atoms with Crippen LogP contribution in [0.25, 0.3) is 0 Å². The first-order valence-electron chi connectivity index (χ1n) is 27.1. The lowest BCUT2D eigenvalue weighted by Crippen LogP contribution is -2.65. The van der Waals surface area contributed by atoms with Crippen LogP contribution < -0.4 is 10.6 Å². The van der Waals surface area contributed by atoms with Crippen LogP contribution in [-0.4, -0.2) is 103 Å². The van der Waals surface area contributed by atoms with Crippen molar-refractivity contribution < 1.29 is 47.2 Å². The number of hydrogen-bond acceptors (Lipinski definition) is 10. The summed E-state index contributed by atoms with van der Waals surface area (Å²) in [5, 5.41) is 6.24. The van der Waals surface area contributed by atoms with Crippen molar-refractivity contribution in [3.05, 3.63) is 71.8 Å². The van der Waals surface area contributed by atoms with Crippen molar-refractivity contribution in [2.24, 2.45) is 34.5 Å². The number of ether oxygens (including phenoxy) is 3. The highest BCUT2D eigenvalue weighted by atomic mass is 16.7. The normalized spacial score (nSPS) is 34.6. The van der Waals surface area contributed by atoms with E-state index in [9.17, 15) is 14.4 Å². The van der Waals surface area contributed by atoms with Gasteiger partial charge in [-0.2, -0.15) is 0 Å². The Kier molecular flexibility index (Phi) is 14.3. The van der Waals surface area contributed by atoms with Gasteiger partial charge >= 0.3 is 32.5 Å². The second-order valence-corrected chi connectivity index (χ2v) is 25.8. The summed E-state index contributed by atoms with van der Waals surface area (Å²) < 4.78 is 44.0. The van der Waals surface area contributed by atoms with Gasteiger partial charge in [-0.1, -0.05) is 94.8 Å². The molecule has 71 heavy (non-hydrogen) atoms. The number of nitrogens with one attached hydrogen (secondary N) is 2. The molecule has 3 saturated heterocycles. The van der Waals surface area contributed by atoms with Crippen molar-refractivity contribution in [2.45, 2.75) is 212 Å². The maximum absolute atomic E-state index is 13.4. The maximum atomic E-state index is 13.4. The van der Waals surface area contributed by atoms with E-state index in [1.807, 2.05) is 76.2 Å². The Bertz CT molecular complexity index is 2220. The zero-order chi connectivity index (χ0) is 50.8.